The van der Waals surface area contributed by atoms with Gasteiger partial charge in [-0.3, -0.25) is 4.79 Å². The summed E-state index contributed by atoms with van der Waals surface area (Å²) in [6, 6.07) is 21.1. The van der Waals surface area contributed by atoms with Crippen molar-refractivity contribution in [1.29, 1.82) is 0 Å². The molecule has 0 aliphatic carbocycles. The molecule has 2 aromatic carbocycles. The zero-order chi connectivity index (χ0) is 20.3. The zero-order valence-corrected chi connectivity index (χ0v) is 16.0. The van der Waals surface area contributed by atoms with Crippen molar-refractivity contribution in [1.82, 2.24) is 20.1 Å². The first-order valence-electron chi connectivity index (χ1n) is 9.54. The maximum absolute atomic E-state index is 12.5. The van der Waals surface area contributed by atoms with Crippen LogP contribution >= 0.6 is 0 Å². The molecule has 7 nitrogen and oxygen atoms in total. The molecule has 5 aromatic rings. The van der Waals surface area contributed by atoms with Crippen LogP contribution in [0.1, 0.15) is 5.76 Å². The molecule has 1 N–H and O–H groups in total. The number of rotatable bonds is 6. The molecule has 0 fully saturated rings. The number of hydrogen-bond acceptors (Lipinski definition) is 5. The van der Waals surface area contributed by atoms with Gasteiger partial charge in [0.1, 0.15) is 12.3 Å². The fourth-order valence-electron chi connectivity index (χ4n) is 3.39. The van der Waals surface area contributed by atoms with Crippen LogP contribution in [0, 0.1) is 0 Å². The lowest BCUT2D eigenvalue weighted by Crippen LogP contribution is -2.26. The second-order valence-electron chi connectivity index (χ2n) is 6.82. The first-order valence-corrected chi connectivity index (χ1v) is 9.54. The summed E-state index contributed by atoms with van der Waals surface area (Å²) in [6.07, 6.45) is 3.46. The van der Waals surface area contributed by atoms with Crippen LogP contribution in [-0.4, -0.2) is 20.7 Å². The van der Waals surface area contributed by atoms with Crippen molar-refractivity contribution >= 4 is 16.8 Å². The molecule has 0 saturated carbocycles. The van der Waals surface area contributed by atoms with Crippen LogP contribution in [-0.2, 0) is 17.9 Å². The Kier molecular flexibility index (Phi) is 4.61. The Balaban J connectivity index is 1.43. The van der Waals surface area contributed by atoms with Gasteiger partial charge < -0.3 is 18.7 Å². The largest absolute Gasteiger partial charge is 0.467 e. The van der Waals surface area contributed by atoms with Crippen molar-refractivity contribution in [3.63, 3.8) is 0 Å². The molecule has 0 spiro atoms. The fourth-order valence-corrected chi connectivity index (χ4v) is 3.39. The molecule has 0 unspecified atom stereocenters. The maximum Gasteiger partial charge on any atom is 0.250 e. The van der Waals surface area contributed by atoms with Gasteiger partial charge in [-0.2, -0.15) is 0 Å². The van der Waals surface area contributed by atoms with Crippen LogP contribution in [0.25, 0.3) is 33.8 Å². The SMILES string of the molecule is O=C(Cn1cc(-c2nnc(-c3ccccc3)o2)c2ccccc21)NCc1ccco1. The third-order valence-electron chi connectivity index (χ3n) is 4.82. The van der Waals surface area contributed by atoms with Crippen LogP contribution < -0.4 is 5.32 Å². The van der Waals surface area contributed by atoms with Gasteiger partial charge in [-0.25, -0.2) is 0 Å². The van der Waals surface area contributed by atoms with E-state index in [0.717, 1.165) is 22.0 Å². The number of aromatic nitrogens is 3. The standard InChI is InChI=1S/C23H18N4O3/c28-21(24-13-17-9-6-12-29-17)15-27-14-19(18-10-4-5-11-20(18)27)23-26-25-22(30-23)16-7-2-1-3-8-16/h1-12,14H,13,15H2,(H,24,28). The van der Waals surface area contributed by atoms with Crippen molar-refractivity contribution in [3.8, 4) is 22.9 Å². The number of furan rings is 1. The van der Waals surface area contributed by atoms with Crippen molar-refractivity contribution < 1.29 is 13.6 Å². The normalized spacial score (nSPS) is 11.1. The summed E-state index contributed by atoms with van der Waals surface area (Å²) in [5.41, 5.74) is 2.57. The lowest BCUT2D eigenvalue weighted by Gasteiger charge is -2.06. The quantitative estimate of drug-likeness (QED) is 0.462. The highest BCUT2D eigenvalue weighted by atomic mass is 16.4. The number of amides is 1. The van der Waals surface area contributed by atoms with E-state index >= 15 is 0 Å². The second kappa shape index (κ2) is 7.71. The predicted molar refractivity (Wildman–Crippen MR) is 111 cm³/mol. The van der Waals surface area contributed by atoms with E-state index < -0.39 is 0 Å². The van der Waals surface area contributed by atoms with Crippen LogP contribution in [0.2, 0.25) is 0 Å². The highest BCUT2D eigenvalue weighted by Crippen LogP contribution is 2.31. The third-order valence-corrected chi connectivity index (χ3v) is 4.82. The summed E-state index contributed by atoms with van der Waals surface area (Å²) < 4.78 is 13.1. The number of carbonyl (C=O) groups is 1. The van der Waals surface area contributed by atoms with E-state index in [1.807, 2.05) is 71.4 Å². The van der Waals surface area contributed by atoms with Crippen LogP contribution in [0.4, 0.5) is 0 Å². The van der Waals surface area contributed by atoms with Gasteiger partial charge in [-0.1, -0.05) is 36.4 Å². The molecular formula is C23H18N4O3. The first-order chi connectivity index (χ1) is 14.8. The van der Waals surface area contributed by atoms with E-state index in [0.29, 0.717) is 24.1 Å². The molecular weight excluding hydrogens is 380 g/mol. The highest BCUT2D eigenvalue weighted by Gasteiger charge is 2.17. The summed E-state index contributed by atoms with van der Waals surface area (Å²) in [6.45, 7) is 0.517. The van der Waals surface area contributed by atoms with Crippen LogP contribution in [0.5, 0.6) is 0 Å². The van der Waals surface area contributed by atoms with Crippen molar-refractivity contribution in [2.45, 2.75) is 13.1 Å². The summed E-state index contributed by atoms with van der Waals surface area (Å²) in [5.74, 6) is 1.47. The number of hydrogen-bond donors (Lipinski definition) is 1. The van der Waals surface area contributed by atoms with Gasteiger partial charge in [-0.15, -0.1) is 10.2 Å². The Labute approximate surface area is 172 Å². The Hall–Kier alpha value is -4.13. The van der Waals surface area contributed by atoms with E-state index in [4.69, 9.17) is 8.83 Å². The van der Waals surface area contributed by atoms with Crippen molar-refractivity contribution in [2.24, 2.45) is 0 Å². The first kappa shape index (κ1) is 17.9. The van der Waals surface area contributed by atoms with Gasteiger partial charge >= 0.3 is 0 Å². The molecule has 3 aromatic heterocycles. The Morgan fingerprint density at radius 3 is 2.57 bits per heavy atom. The Bertz CT molecular complexity index is 1290. The molecule has 0 aliphatic rings. The summed E-state index contributed by atoms with van der Waals surface area (Å²) >= 11 is 0. The lowest BCUT2D eigenvalue weighted by atomic mass is 10.2. The summed E-state index contributed by atoms with van der Waals surface area (Å²) in [5, 5.41) is 12.2. The van der Waals surface area contributed by atoms with Gasteiger partial charge in [0.25, 0.3) is 0 Å². The minimum atomic E-state index is -0.116. The Morgan fingerprint density at radius 2 is 1.73 bits per heavy atom. The molecule has 0 saturated heterocycles. The van der Waals surface area contributed by atoms with Gasteiger partial charge in [0.05, 0.1) is 18.4 Å². The summed E-state index contributed by atoms with van der Waals surface area (Å²) in [7, 11) is 0. The van der Waals surface area contributed by atoms with E-state index in [9.17, 15) is 4.79 Å². The monoisotopic (exact) mass is 398 g/mol. The number of carbonyl (C=O) groups excluding carboxylic acids is 1. The van der Waals surface area contributed by atoms with Crippen LogP contribution in [0.3, 0.4) is 0 Å². The minimum absolute atomic E-state index is 0.116. The molecule has 1 amide bonds. The van der Waals surface area contributed by atoms with Crippen LogP contribution in [0.15, 0.2) is 88.0 Å². The molecule has 0 aliphatic heterocycles. The van der Waals surface area contributed by atoms with E-state index in [1.54, 1.807) is 12.3 Å². The molecule has 5 rings (SSSR count). The molecule has 148 valence electrons. The number of benzene rings is 2. The molecule has 7 heteroatoms. The smallest absolute Gasteiger partial charge is 0.250 e. The lowest BCUT2D eigenvalue weighted by molar-refractivity contribution is -0.121. The molecule has 3 heterocycles. The highest BCUT2D eigenvalue weighted by molar-refractivity contribution is 5.95. The third kappa shape index (κ3) is 3.48. The van der Waals surface area contributed by atoms with Gasteiger partial charge in [-0.05, 0) is 30.3 Å². The topological polar surface area (TPSA) is 86.1 Å². The molecule has 0 radical (unpaired) electrons. The average Bonchev–Trinajstić information content (AvgIpc) is 3.53. The fraction of sp³-hybridized carbons (Fsp3) is 0.0870. The zero-order valence-electron chi connectivity index (χ0n) is 16.0. The molecule has 0 atom stereocenters. The van der Waals surface area contributed by atoms with Crippen molar-refractivity contribution in [2.75, 3.05) is 0 Å². The number of para-hydroxylation sites is 1. The summed E-state index contributed by atoms with van der Waals surface area (Å²) in [4.78, 5) is 12.5. The average molecular weight is 398 g/mol. The number of nitrogens with zero attached hydrogens (tertiary/aromatic N) is 3. The number of nitrogens with one attached hydrogen (secondary N) is 1. The number of fused-ring (bicyclic) bond motifs is 1. The molecule has 0 bridgehead atoms. The van der Waals surface area contributed by atoms with E-state index in [2.05, 4.69) is 15.5 Å². The van der Waals surface area contributed by atoms with E-state index in [-0.39, 0.29) is 12.5 Å². The minimum Gasteiger partial charge on any atom is -0.467 e. The molecule has 30 heavy (non-hydrogen) atoms. The van der Waals surface area contributed by atoms with Crippen molar-refractivity contribution in [3.05, 3.63) is 85.0 Å². The van der Waals surface area contributed by atoms with Gasteiger partial charge in [0, 0.05) is 22.7 Å². The Morgan fingerprint density at radius 1 is 0.933 bits per heavy atom. The second-order valence-corrected chi connectivity index (χ2v) is 6.82. The predicted octanol–water partition coefficient (Wildman–Crippen LogP) is 4.27. The van der Waals surface area contributed by atoms with Gasteiger partial charge in [0.2, 0.25) is 17.7 Å². The maximum atomic E-state index is 12.5. The van der Waals surface area contributed by atoms with Gasteiger partial charge in [0.15, 0.2) is 0 Å². The van der Waals surface area contributed by atoms with E-state index in [1.165, 1.54) is 0 Å².